The molecule has 1 aliphatic rings. The van der Waals surface area contributed by atoms with Crippen LogP contribution in [0.15, 0.2) is 11.4 Å². The SMILES string of the molecule is Cc1ccsc1C(=O)N1CCN(CCO)CC1. The van der Waals surface area contributed by atoms with Gasteiger partial charge in [-0.1, -0.05) is 0 Å². The van der Waals surface area contributed by atoms with Crippen molar-refractivity contribution in [1.29, 1.82) is 0 Å². The van der Waals surface area contributed by atoms with Gasteiger partial charge in [0.15, 0.2) is 0 Å². The maximum Gasteiger partial charge on any atom is 0.264 e. The highest BCUT2D eigenvalue weighted by atomic mass is 32.1. The zero-order valence-electron chi connectivity index (χ0n) is 10.1. The molecule has 17 heavy (non-hydrogen) atoms. The summed E-state index contributed by atoms with van der Waals surface area (Å²) in [7, 11) is 0. The molecule has 2 rings (SSSR count). The van der Waals surface area contributed by atoms with E-state index in [-0.39, 0.29) is 12.5 Å². The van der Waals surface area contributed by atoms with Crippen molar-refractivity contribution >= 4 is 17.2 Å². The molecule has 1 aliphatic heterocycles. The van der Waals surface area contributed by atoms with Gasteiger partial charge in [0.25, 0.3) is 5.91 Å². The molecule has 0 spiro atoms. The minimum Gasteiger partial charge on any atom is -0.395 e. The van der Waals surface area contributed by atoms with Gasteiger partial charge < -0.3 is 10.0 Å². The second kappa shape index (κ2) is 5.62. The van der Waals surface area contributed by atoms with E-state index in [0.717, 1.165) is 36.6 Å². The quantitative estimate of drug-likeness (QED) is 0.868. The Morgan fingerprint density at radius 3 is 2.65 bits per heavy atom. The first-order chi connectivity index (χ1) is 8.22. The molecule has 0 atom stereocenters. The zero-order chi connectivity index (χ0) is 12.3. The molecule has 1 fully saturated rings. The summed E-state index contributed by atoms with van der Waals surface area (Å²) < 4.78 is 0. The Labute approximate surface area is 105 Å². The number of nitrogens with zero attached hydrogens (tertiary/aromatic N) is 2. The number of aryl methyl sites for hydroxylation is 1. The van der Waals surface area contributed by atoms with E-state index in [1.54, 1.807) is 0 Å². The number of aliphatic hydroxyl groups excluding tert-OH is 1. The highest BCUT2D eigenvalue weighted by Gasteiger charge is 2.23. The van der Waals surface area contributed by atoms with Crippen LogP contribution in [0.3, 0.4) is 0 Å². The summed E-state index contributed by atoms with van der Waals surface area (Å²) in [6.45, 7) is 6.11. The number of β-amino-alcohol motifs (C(OH)–C–C–N with tert-alkyl or cyclic N) is 1. The highest BCUT2D eigenvalue weighted by molar-refractivity contribution is 7.12. The maximum atomic E-state index is 12.2. The minimum atomic E-state index is 0.154. The van der Waals surface area contributed by atoms with Crippen molar-refractivity contribution in [2.45, 2.75) is 6.92 Å². The molecule has 0 aromatic carbocycles. The molecule has 4 nitrogen and oxygen atoms in total. The first-order valence-electron chi connectivity index (χ1n) is 5.89. The van der Waals surface area contributed by atoms with Crippen LogP contribution in [0.25, 0.3) is 0 Å². The number of amides is 1. The van der Waals surface area contributed by atoms with E-state index in [1.807, 2.05) is 23.3 Å². The van der Waals surface area contributed by atoms with Gasteiger partial charge in [-0.2, -0.15) is 0 Å². The second-order valence-corrected chi connectivity index (χ2v) is 5.21. The standard InChI is InChI=1S/C12H18N2O2S/c1-10-2-9-17-11(10)12(16)14-5-3-13(4-6-14)7-8-15/h2,9,15H,3-8H2,1H3. The molecule has 0 unspecified atom stereocenters. The molecule has 5 heteroatoms. The van der Waals surface area contributed by atoms with Crippen LogP contribution in [0.5, 0.6) is 0 Å². The fourth-order valence-corrected chi connectivity index (χ4v) is 2.94. The molecule has 1 N–H and O–H groups in total. The van der Waals surface area contributed by atoms with Crippen LogP contribution in [-0.2, 0) is 0 Å². The number of thiophene rings is 1. The normalized spacial score (nSPS) is 17.4. The zero-order valence-corrected chi connectivity index (χ0v) is 10.9. The van der Waals surface area contributed by atoms with Gasteiger partial charge in [-0.25, -0.2) is 0 Å². The second-order valence-electron chi connectivity index (χ2n) is 4.29. The van der Waals surface area contributed by atoms with Gasteiger partial charge in [-0.05, 0) is 23.9 Å². The molecule has 0 saturated carbocycles. The summed E-state index contributed by atoms with van der Waals surface area (Å²) in [5.41, 5.74) is 1.07. The summed E-state index contributed by atoms with van der Waals surface area (Å²) in [5.74, 6) is 0.154. The number of hydrogen-bond acceptors (Lipinski definition) is 4. The number of piperazine rings is 1. The van der Waals surface area contributed by atoms with Crippen molar-refractivity contribution in [3.63, 3.8) is 0 Å². The van der Waals surface area contributed by atoms with Crippen LogP contribution < -0.4 is 0 Å². The number of rotatable bonds is 3. The molecular formula is C12H18N2O2S. The number of carbonyl (C=O) groups excluding carboxylic acids is 1. The first-order valence-corrected chi connectivity index (χ1v) is 6.77. The van der Waals surface area contributed by atoms with Crippen molar-refractivity contribution < 1.29 is 9.90 Å². The molecular weight excluding hydrogens is 236 g/mol. The van der Waals surface area contributed by atoms with Gasteiger partial charge in [-0.15, -0.1) is 11.3 Å². The van der Waals surface area contributed by atoms with Crippen molar-refractivity contribution in [2.75, 3.05) is 39.3 Å². The summed E-state index contributed by atoms with van der Waals surface area (Å²) in [6.07, 6.45) is 0. The Bertz CT molecular complexity index is 384. The Hall–Kier alpha value is -0.910. The third kappa shape index (κ3) is 2.86. The van der Waals surface area contributed by atoms with Crippen LogP contribution in [0.4, 0.5) is 0 Å². The van der Waals surface area contributed by atoms with Gasteiger partial charge in [0, 0.05) is 32.7 Å². The summed E-state index contributed by atoms with van der Waals surface area (Å²) in [6, 6.07) is 1.99. The number of carbonyl (C=O) groups is 1. The lowest BCUT2D eigenvalue weighted by Crippen LogP contribution is -2.49. The third-order valence-electron chi connectivity index (χ3n) is 3.13. The molecule has 1 aromatic rings. The third-order valence-corrected chi connectivity index (χ3v) is 4.14. The fraction of sp³-hybridized carbons (Fsp3) is 0.583. The molecule has 1 aromatic heterocycles. The summed E-state index contributed by atoms with van der Waals surface area (Å²) in [5, 5.41) is 10.8. The summed E-state index contributed by atoms with van der Waals surface area (Å²) in [4.78, 5) is 17.2. The fourth-order valence-electron chi connectivity index (χ4n) is 2.05. The van der Waals surface area contributed by atoms with E-state index in [0.29, 0.717) is 6.54 Å². The number of hydrogen-bond donors (Lipinski definition) is 1. The summed E-state index contributed by atoms with van der Waals surface area (Å²) >= 11 is 1.52. The molecule has 94 valence electrons. The monoisotopic (exact) mass is 254 g/mol. The van der Waals surface area contributed by atoms with Crippen LogP contribution in [-0.4, -0.2) is 60.1 Å². The van der Waals surface area contributed by atoms with Crippen molar-refractivity contribution in [2.24, 2.45) is 0 Å². The average Bonchev–Trinajstić information content (AvgIpc) is 2.76. The van der Waals surface area contributed by atoms with Crippen LogP contribution in [0.2, 0.25) is 0 Å². The topological polar surface area (TPSA) is 43.8 Å². The minimum absolute atomic E-state index is 0.154. The Kier molecular flexibility index (Phi) is 4.15. The van der Waals surface area contributed by atoms with E-state index < -0.39 is 0 Å². The maximum absolute atomic E-state index is 12.2. The average molecular weight is 254 g/mol. The van der Waals surface area contributed by atoms with Crippen LogP contribution in [0, 0.1) is 6.92 Å². The van der Waals surface area contributed by atoms with Gasteiger partial charge in [0.2, 0.25) is 0 Å². The van der Waals surface area contributed by atoms with Gasteiger partial charge in [-0.3, -0.25) is 9.69 Å². The predicted octanol–water partition coefficient (Wildman–Crippen LogP) is 0.807. The lowest BCUT2D eigenvalue weighted by Gasteiger charge is -2.34. The molecule has 0 radical (unpaired) electrons. The van der Waals surface area contributed by atoms with Gasteiger partial charge in [0.05, 0.1) is 11.5 Å². The molecule has 1 amide bonds. The van der Waals surface area contributed by atoms with Gasteiger partial charge >= 0.3 is 0 Å². The van der Waals surface area contributed by atoms with E-state index in [1.165, 1.54) is 11.3 Å². The smallest absolute Gasteiger partial charge is 0.264 e. The van der Waals surface area contributed by atoms with Gasteiger partial charge in [0.1, 0.15) is 0 Å². The largest absolute Gasteiger partial charge is 0.395 e. The molecule has 2 heterocycles. The van der Waals surface area contributed by atoms with E-state index >= 15 is 0 Å². The molecule has 0 aliphatic carbocycles. The Morgan fingerprint density at radius 1 is 1.41 bits per heavy atom. The van der Waals surface area contributed by atoms with Crippen molar-refractivity contribution in [3.8, 4) is 0 Å². The van der Waals surface area contributed by atoms with Crippen LogP contribution >= 0.6 is 11.3 Å². The molecule has 1 saturated heterocycles. The van der Waals surface area contributed by atoms with E-state index in [4.69, 9.17) is 5.11 Å². The number of aliphatic hydroxyl groups is 1. The van der Waals surface area contributed by atoms with Crippen molar-refractivity contribution in [3.05, 3.63) is 21.9 Å². The highest BCUT2D eigenvalue weighted by Crippen LogP contribution is 2.18. The lowest BCUT2D eigenvalue weighted by atomic mass is 10.2. The van der Waals surface area contributed by atoms with E-state index in [9.17, 15) is 4.79 Å². The van der Waals surface area contributed by atoms with E-state index in [2.05, 4.69) is 4.90 Å². The lowest BCUT2D eigenvalue weighted by molar-refractivity contribution is 0.0619. The Morgan fingerprint density at radius 2 is 2.12 bits per heavy atom. The Balaban J connectivity index is 1.93. The molecule has 0 bridgehead atoms. The predicted molar refractivity (Wildman–Crippen MR) is 68.5 cm³/mol. The van der Waals surface area contributed by atoms with Crippen LogP contribution in [0.1, 0.15) is 15.2 Å². The van der Waals surface area contributed by atoms with Crippen molar-refractivity contribution in [1.82, 2.24) is 9.80 Å². The first kappa shape index (κ1) is 12.5.